The van der Waals surface area contributed by atoms with Crippen molar-refractivity contribution in [1.29, 1.82) is 0 Å². The van der Waals surface area contributed by atoms with Crippen LogP contribution in [0.1, 0.15) is 67.2 Å². The zero-order valence-corrected chi connectivity index (χ0v) is 16.7. The summed E-state index contributed by atoms with van der Waals surface area (Å²) in [7, 11) is 0. The lowest BCUT2D eigenvalue weighted by atomic mass is 9.79. The van der Waals surface area contributed by atoms with Crippen molar-refractivity contribution in [3.05, 3.63) is 46.5 Å². The first-order chi connectivity index (χ1) is 12.5. The fourth-order valence-corrected chi connectivity index (χ4v) is 4.26. The molecule has 1 saturated carbocycles. The van der Waals surface area contributed by atoms with Crippen LogP contribution in [0.4, 0.5) is 0 Å². The molecule has 2 N–H and O–H groups in total. The van der Waals surface area contributed by atoms with Gasteiger partial charge >= 0.3 is 5.97 Å². The van der Waals surface area contributed by atoms with Gasteiger partial charge in [0.1, 0.15) is 0 Å². The summed E-state index contributed by atoms with van der Waals surface area (Å²) in [5.74, 6) is 0.645. The largest absolute Gasteiger partial charge is 0.481 e. The molecule has 0 amide bonds. The molecular formula is C23H35NO2. The van der Waals surface area contributed by atoms with Crippen LogP contribution in [0, 0.1) is 32.6 Å². The van der Waals surface area contributed by atoms with Crippen molar-refractivity contribution < 1.29 is 9.90 Å². The average Bonchev–Trinajstić information content (AvgIpc) is 2.57. The SMILES string of the molecule is Cc1cc(C)c(CNC[C@H]2CCCC[C@@H]2/C=C\CCCC(=O)O)c(C)c1. The summed E-state index contributed by atoms with van der Waals surface area (Å²) in [4.78, 5) is 10.6. The van der Waals surface area contributed by atoms with Crippen LogP contribution in [0.15, 0.2) is 24.3 Å². The summed E-state index contributed by atoms with van der Waals surface area (Å²) in [6, 6.07) is 4.54. The second kappa shape index (κ2) is 10.5. The molecule has 0 radical (unpaired) electrons. The predicted octanol–water partition coefficient (Wildman–Crippen LogP) is 5.32. The van der Waals surface area contributed by atoms with E-state index in [0.717, 1.165) is 25.9 Å². The van der Waals surface area contributed by atoms with Crippen molar-refractivity contribution in [1.82, 2.24) is 5.32 Å². The highest BCUT2D eigenvalue weighted by molar-refractivity contribution is 5.66. The first-order valence-corrected chi connectivity index (χ1v) is 10.1. The summed E-state index contributed by atoms with van der Waals surface area (Å²) < 4.78 is 0. The molecule has 2 atom stereocenters. The lowest BCUT2D eigenvalue weighted by molar-refractivity contribution is -0.137. The maximum absolute atomic E-state index is 10.6. The maximum atomic E-state index is 10.6. The number of benzene rings is 1. The molecule has 0 aromatic heterocycles. The normalized spacial score (nSPS) is 20.6. The molecule has 1 fully saturated rings. The Morgan fingerprint density at radius 2 is 1.88 bits per heavy atom. The molecule has 2 rings (SSSR count). The van der Waals surface area contributed by atoms with Crippen LogP contribution in [0.25, 0.3) is 0 Å². The summed E-state index contributed by atoms with van der Waals surface area (Å²) in [5.41, 5.74) is 5.54. The van der Waals surface area contributed by atoms with Crippen LogP contribution in [0.5, 0.6) is 0 Å². The number of hydrogen-bond donors (Lipinski definition) is 2. The Kier molecular flexibility index (Phi) is 8.37. The molecule has 0 saturated heterocycles. The van der Waals surface area contributed by atoms with E-state index in [0.29, 0.717) is 11.8 Å². The van der Waals surface area contributed by atoms with Gasteiger partial charge in [-0.15, -0.1) is 0 Å². The third-order valence-electron chi connectivity index (χ3n) is 5.66. The summed E-state index contributed by atoms with van der Waals surface area (Å²) >= 11 is 0. The summed E-state index contributed by atoms with van der Waals surface area (Å²) in [6.07, 6.45) is 11.7. The Morgan fingerprint density at radius 1 is 1.19 bits per heavy atom. The molecular weight excluding hydrogens is 322 g/mol. The van der Waals surface area contributed by atoms with Gasteiger partial charge in [-0.05, 0) is 81.5 Å². The van der Waals surface area contributed by atoms with Crippen LogP contribution in [0.2, 0.25) is 0 Å². The molecule has 144 valence electrons. The fourth-order valence-electron chi connectivity index (χ4n) is 4.26. The Labute approximate surface area is 158 Å². The van der Waals surface area contributed by atoms with Gasteiger partial charge < -0.3 is 10.4 Å². The fraction of sp³-hybridized carbons (Fsp3) is 0.609. The van der Waals surface area contributed by atoms with E-state index in [1.54, 1.807) is 0 Å². The Balaban J connectivity index is 1.82. The number of carboxylic acid groups (broad SMARTS) is 1. The maximum Gasteiger partial charge on any atom is 0.303 e. The van der Waals surface area contributed by atoms with Crippen LogP contribution in [-0.4, -0.2) is 17.6 Å². The standard InChI is InChI=1S/C23H35NO2/c1-17-13-18(2)22(19(3)14-17)16-24-15-21-11-8-7-10-20(21)9-5-4-6-12-23(25)26/h5,9,13-14,20-21,24H,4,6-8,10-12,15-16H2,1-3H3,(H,25,26)/b9-5-/t20-,21+/m0/s1. The molecule has 0 spiro atoms. The van der Waals surface area contributed by atoms with E-state index in [2.05, 4.69) is 50.4 Å². The predicted molar refractivity (Wildman–Crippen MR) is 108 cm³/mol. The molecule has 0 heterocycles. The third-order valence-corrected chi connectivity index (χ3v) is 5.66. The number of carboxylic acids is 1. The second-order valence-electron chi connectivity index (χ2n) is 7.93. The average molecular weight is 358 g/mol. The van der Waals surface area contributed by atoms with Gasteiger partial charge in [-0.1, -0.05) is 42.7 Å². The molecule has 26 heavy (non-hydrogen) atoms. The van der Waals surface area contributed by atoms with Crippen molar-refractivity contribution in [3.63, 3.8) is 0 Å². The van der Waals surface area contributed by atoms with Gasteiger partial charge in [-0.2, -0.15) is 0 Å². The topological polar surface area (TPSA) is 49.3 Å². The van der Waals surface area contributed by atoms with Crippen LogP contribution >= 0.6 is 0 Å². The zero-order valence-electron chi connectivity index (χ0n) is 16.7. The van der Waals surface area contributed by atoms with Gasteiger partial charge in [0.15, 0.2) is 0 Å². The van der Waals surface area contributed by atoms with Gasteiger partial charge in [0, 0.05) is 13.0 Å². The summed E-state index contributed by atoms with van der Waals surface area (Å²) in [5, 5.41) is 12.4. The second-order valence-corrected chi connectivity index (χ2v) is 7.93. The Hall–Kier alpha value is -1.61. The number of unbranched alkanes of at least 4 members (excludes halogenated alkanes) is 1. The van der Waals surface area contributed by atoms with E-state index in [1.165, 1.54) is 47.9 Å². The van der Waals surface area contributed by atoms with E-state index < -0.39 is 5.97 Å². The lowest BCUT2D eigenvalue weighted by Gasteiger charge is -2.30. The number of nitrogens with one attached hydrogen (secondary N) is 1. The quantitative estimate of drug-likeness (QED) is 0.464. The van der Waals surface area contributed by atoms with E-state index in [4.69, 9.17) is 5.11 Å². The molecule has 0 aliphatic heterocycles. The minimum Gasteiger partial charge on any atom is -0.481 e. The number of aryl methyl sites for hydroxylation is 3. The first kappa shape index (κ1) is 20.7. The zero-order chi connectivity index (χ0) is 18.9. The van der Waals surface area contributed by atoms with Gasteiger partial charge in [-0.3, -0.25) is 4.79 Å². The van der Waals surface area contributed by atoms with Crippen molar-refractivity contribution >= 4 is 5.97 Å². The molecule has 1 aromatic carbocycles. The van der Waals surface area contributed by atoms with Crippen molar-refractivity contribution in [2.45, 2.75) is 72.3 Å². The smallest absolute Gasteiger partial charge is 0.303 e. The highest BCUT2D eigenvalue weighted by Crippen LogP contribution is 2.31. The van der Waals surface area contributed by atoms with Gasteiger partial charge in [0.2, 0.25) is 0 Å². The van der Waals surface area contributed by atoms with E-state index in [9.17, 15) is 4.79 Å². The summed E-state index contributed by atoms with van der Waals surface area (Å²) in [6.45, 7) is 8.59. The van der Waals surface area contributed by atoms with Crippen LogP contribution in [0.3, 0.4) is 0 Å². The highest BCUT2D eigenvalue weighted by Gasteiger charge is 2.22. The molecule has 3 nitrogen and oxygen atoms in total. The number of rotatable bonds is 9. The van der Waals surface area contributed by atoms with Gasteiger partial charge in [0.25, 0.3) is 0 Å². The van der Waals surface area contributed by atoms with Gasteiger partial charge in [0.05, 0.1) is 0 Å². The number of carbonyl (C=O) groups is 1. The van der Waals surface area contributed by atoms with Gasteiger partial charge in [-0.25, -0.2) is 0 Å². The van der Waals surface area contributed by atoms with Crippen molar-refractivity contribution in [2.24, 2.45) is 11.8 Å². The van der Waals surface area contributed by atoms with Crippen molar-refractivity contribution in [3.8, 4) is 0 Å². The molecule has 0 unspecified atom stereocenters. The Morgan fingerprint density at radius 3 is 2.58 bits per heavy atom. The van der Waals surface area contributed by atoms with E-state index >= 15 is 0 Å². The third kappa shape index (κ3) is 6.60. The minimum absolute atomic E-state index is 0.273. The monoisotopic (exact) mass is 357 g/mol. The van der Waals surface area contributed by atoms with E-state index in [-0.39, 0.29) is 6.42 Å². The molecule has 0 bridgehead atoms. The van der Waals surface area contributed by atoms with Crippen LogP contribution < -0.4 is 5.32 Å². The first-order valence-electron chi connectivity index (χ1n) is 10.1. The molecule has 3 heteroatoms. The highest BCUT2D eigenvalue weighted by atomic mass is 16.4. The van der Waals surface area contributed by atoms with E-state index in [1.807, 2.05) is 0 Å². The number of aliphatic carboxylic acids is 1. The van der Waals surface area contributed by atoms with Crippen molar-refractivity contribution in [2.75, 3.05) is 6.54 Å². The Bertz CT molecular complexity index is 598. The lowest BCUT2D eigenvalue weighted by Crippen LogP contribution is -2.30. The molecule has 1 aliphatic carbocycles. The molecule has 1 aliphatic rings. The van der Waals surface area contributed by atoms with Crippen LogP contribution in [-0.2, 0) is 11.3 Å². The number of hydrogen-bond acceptors (Lipinski definition) is 2. The minimum atomic E-state index is -0.695. The number of allylic oxidation sites excluding steroid dienone is 2. The molecule has 1 aromatic rings.